The Morgan fingerprint density at radius 1 is 0.963 bits per heavy atom. The molecule has 2 saturated heterocycles. The third-order valence-electron chi connectivity index (χ3n) is 11.7. The van der Waals surface area contributed by atoms with Gasteiger partial charge in [-0.15, -0.1) is 5.10 Å². The van der Waals surface area contributed by atoms with Crippen LogP contribution in [0.5, 0.6) is 5.75 Å². The van der Waals surface area contributed by atoms with E-state index in [0.29, 0.717) is 38.4 Å². The lowest BCUT2D eigenvalue weighted by Gasteiger charge is -2.38. The number of carbonyl (C=O) groups excluding carboxylic acids is 2. The van der Waals surface area contributed by atoms with Crippen molar-refractivity contribution in [3.63, 3.8) is 0 Å². The third-order valence-corrected chi connectivity index (χ3v) is 11.7. The number of aliphatic hydroxyl groups is 1. The van der Waals surface area contributed by atoms with Crippen molar-refractivity contribution >= 4 is 23.4 Å². The minimum atomic E-state index is -1.22. The number of anilines is 2. The molecule has 0 radical (unpaired) electrons. The largest absolute Gasteiger partial charge is 0.497 e. The fraction of sp³-hybridized carbons (Fsp3) is 0.349. The highest BCUT2D eigenvalue weighted by molar-refractivity contribution is 6.07. The van der Waals surface area contributed by atoms with E-state index < -0.39 is 17.1 Å². The summed E-state index contributed by atoms with van der Waals surface area (Å²) < 4.78 is 19.6. The van der Waals surface area contributed by atoms with Crippen LogP contribution in [0.25, 0.3) is 0 Å². The summed E-state index contributed by atoms with van der Waals surface area (Å²) in [6.07, 6.45) is 0.776. The van der Waals surface area contributed by atoms with Gasteiger partial charge in [0.05, 0.1) is 38.2 Å². The maximum Gasteiger partial charge on any atom is 0.414 e. The molecule has 5 atom stereocenters. The van der Waals surface area contributed by atoms with Crippen molar-refractivity contribution in [1.29, 1.82) is 0 Å². The highest BCUT2D eigenvalue weighted by Crippen LogP contribution is 2.60. The summed E-state index contributed by atoms with van der Waals surface area (Å²) >= 11 is 0. The fourth-order valence-electron chi connectivity index (χ4n) is 8.90. The molecule has 2 fully saturated rings. The maximum atomic E-state index is 15.1. The number of amides is 2. The molecule has 8 rings (SSSR count). The van der Waals surface area contributed by atoms with Gasteiger partial charge in [-0.1, -0.05) is 98.8 Å². The number of methoxy groups -OCH3 is 1. The van der Waals surface area contributed by atoms with E-state index in [2.05, 4.69) is 43.2 Å². The zero-order valence-electron chi connectivity index (χ0n) is 31.0. The van der Waals surface area contributed by atoms with Gasteiger partial charge in [0.15, 0.2) is 5.60 Å². The van der Waals surface area contributed by atoms with E-state index in [-0.39, 0.29) is 29.9 Å². The van der Waals surface area contributed by atoms with Gasteiger partial charge in [0.2, 0.25) is 0 Å². The summed E-state index contributed by atoms with van der Waals surface area (Å²) in [4.78, 5) is 30.7. The lowest BCUT2D eigenvalue weighted by atomic mass is 9.63. The molecule has 2 amide bonds. The average molecular weight is 728 g/mol. The smallest absolute Gasteiger partial charge is 0.414 e. The number of benzene rings is 4. The second-order valence-electron chi connectivity index (χ2n) is 15.0. The molecule has 54 heavy (non-hydrogen) atoms. The van der Waals surface area contributed by atoms with Gasteiger partial charge in [-0.25, -0.2) is 4.79 Å². The van der Waals surface area contributed by atoms with E-state index in [4.69, 9.17) is 14.2 Å². The quantitative estimate of drug-likeness (QED) is 0.158. The van der Waals surface area contributed by atoms with Crippen LogP contribution in [0.1, 0.15) is 61.2 Å². The highest BCUT2D eigenvalue weighted by Gasteiger charge is 2.65. The number of carbonyl (C=O) groups is 2. The van der Waals surface area contributed by atoms with E-state index >= 15 is 4.79 Å². The van der Waals surface area contributed by atoms with Crippen LogP contribution in [0.3, 0.4) is 0 Å². The Labute approximate surface area is 315 Å². The zero-order chi connectivity index (χ0) is 37.6. The van der Waals surface area contributed by atoms with Gasteiger partial charge in [0.1, 0.15) is 24.2 Å². The van der Waals surface area contributed by atoms with Crippen molar-refractivity contribution in [2.45, 2.75) is 63.5 Å². The van der Waals surface area contributed by atoms with Crippen LogP contribution in [0.15, 0.2) is 109 Å². The van der Waals surface area contributed by atoms with Crippen molar-refractivity contribution in [1.82, 2.24) is 15.0 Å². The predicted molar refractivity (Wildman–Crippen MR) is 203 cm³/mol. The minimum Gasteiger partial charge on any atom is -0.497 e. The van der Waals surface area contributed by atoms with E-state index in [1.807, 2.05) is 95.9 Å². The van der Waals surface area contributed by atoms with Crippen LogP contribution in [0.2, 0.25) is 0 Å². The van der Waals surface area contributed by atoms with Crippen molar-refractivity contribution in [2.75, 3.05) is 30.1 Å². The summed E-state index contributed by atoms with van der Waals surface area (Å²) in [7, 11) is 1.66. The molecule has 4 aromatic carbocycles. The number of cyclic esters (lactones) is 1. The Balaban J connectivity index is 1.11. The first-order valence-corrected chi connectivity index (χ1v) is 18.5. The van der Waals surface area contributed by atoms with Gasteiger partial charge in [-0.3, -0.25) is 14.4 Å². The molecule has 1 spiro atoms. The number of aryl methyl sites for hydroxylation is 1. The zero-order valence-corrected chi connectivity index (χ0v) is 31.0. The van der Waals surface area contributed by atoms with E-state index in [9.17, 15) is 9.90 Å². The first kappa shape index (κ1) is 35.5. The summed E-state index contributed by atoms with van der Waals surface area (Å²) in [5.41, 5.74) is 4.11. The highest BCUT2D eigenvalue weighted by atomic mass is 16.6. The van der Waals surface area contributed by atoms with Crippen LogP contribution in [0, 0.1) is 11.8 Å². The van der Waals surface area contributed by atoms with E-state index in [1.54, 1.807) is 22.9 Å². The lowest BCUT2D eigenvalue weighted by Crippen LogP contribution is -2.45. The summed E-state index contributed by atoms with van der Waals surface area (Å²) in [5, 5.41) is 19.7. The average Bonchev–Trinajstić information content (AvgIpc) is 3.97. The molecule has 278 valence electrons. The Morgan fingerprint density at radius 3 is 2.39 bits per heavy atom. The van der Waals surface area contributed by atoms with Crippen molar-refractivity contribution in [2.24, 2.45) is 11.8 Å². The second kappa shape index (κ2) is 14.0. The molecular formula is C43H45N5O6. The monoisotopic (exact) mass is 727 g/mol. The maximum absolute atomic E-state index is 15.1. The predicted octanol–water partition coefficient (Wildman–Crippen LogP) is 6.79. The molecule has 1 aromatic heterocycles. The molecule has 4 heterocycles. The number of hydrogen-bond acceptors (Lipinski definition) is 8. The van der Waals surface area contributed by atoms with Crippen molar-refractivity contribution in [3.8, 4) is 5.75 Å². The Hall–Kier alpha value is -5.52. The molecule has 5 aromatic rings. The van der Waals surface area contributed by atoms with Gasteiger partial charge in [0.25, 0.3) is 5.91 Å². The SMILES string of the molecule is COc1ccc(C(C)(C)[C@@H]2[C@@H](CCn3cc([C@H](O)c4ccccc4)nn3)O[C@]3(C(=O)N(Cc4ccc(N5CCOC5=O)cc4)c4ccccc43)[C@H]2C)cc1. The fourth-order valence-corrected chi connectivity index (χ4v) is 8.90. The van der Waals surface area contributed by atoms with E-state index in [1.165, 1.54) is 0 Å². The Morgan fingerprint density at radius 2 is 1.69 bits per heavy atom. The molecule has 0 saturated carbocycles. The number of para-hydroxylation sites is 1. The molecule has 1 N–H and O–H groups in total. The number of rotatable bonds is 11. The van der Waals surface area contributed by atoms with Crippen LogP contribution in [-0.4, -0.2) is 58.5 Å². The number of nitrogens with zero attached hydrogens (tertiary/aromatic N) is 5. The van der Waals surface area contributed by atoms with Crippen molar-refractivity contribution in [3.05, 3.63) is 137 Å². The normalized spacial score (nSPS) is 22.9. The molecule has 11 nitrogen and oxygen atoms in total. The molecule has 3 aliphatic rings. The van der Waals surface area contributed by atoms with Gasteiger partial charge >= 0.3 is 6.09 Å². The van der Waals surface area contributed by atoms with Gasteiger partial charge < -0.3 is 24.2 Å². The molecule has 11 heteroatoms. The van der Waals surface area contributed by atoms with Gasteiger partial charge in [-0.2, -0.15) is 0 Å². The Kier molecular flexibility index (Phi) is 9.23. The number of fused-ring (bicyclic) bond motifs is 2. The number of hydrogen-bond donors (Lipinski definition) is 1. The lowest BCUT2D eigenvalue weighted by molar-refractivity contribution is -0.146. The second-order valence-corrected chi connectivity index (χ2v) is 15.0. The van der Waals surface area contributed by atoms with Crippen molar-refractivity contribution < 1.29 is 28.9 Å². The standard InChI is InChI=1S/C43H45N5O6/c1-28-38(42(2,3)31-16-20-33(52-4)21-17-31)37(22-23-46-27-35(44-45-46)39(49)30-10-6-5-7-11-30)54-43(28)34-12-8-9-13-36(34)48(40(43)50)26-29-14-18-32(19-15-29)47-24-25-53-41(47)51/h5-21,27-28,37-39,49H,22-26H2,1-4H3/t28-,37+,38-,39+,43+/m0/s1. The topological polar surface area (TPSA) is 119 Å². The van der Waals surface area contributed by atoms with Crippen LogP contribution >= 0.6 is 0 Å². The molecule has 3 aliphatic heterocycles. The summed E-state index contributed by atoms with van der Waals surface area (Å²) in [6.45, 7) is 8.33. The minimum absolute atomic E-state index is 0.0831. The van der Waals surface area contributed by atoms with E-state index in [0.717, 1.165) is 39.4 Å². The van der Waals surface area contributed by atoms with Crippen LogP contribution < -0.4 is 14.5 Å². The first-order chi connectivity index (χ1) is 26.1. The molecular weight excluding hydrogens is 683 g/mol. The number of aliphatic hydroxyl groups excluding tert-OH is 1. The number of aromatic nitrogens is 3. The third kappa shape index (κ3) is 6.01. The first-order valence-electron chi connectivity index (χ1n) is 18.5. The molecule has 0 aliphatic carbocycles. The van der Waals surface area contributed by atoms with Crippen LogP contribution in [0.4, 0.5) is 16.2 Å². The van der Waals surface area contributed by atoms with Crippen LogP contribution in [-0.2, 0) is 38.4 Å². The summed E-state index contributed by atoms with van der Waals surface area (Å²) in [5.74, 6) is 0.394. The number of ether oxygens (including phenoxy) is 3. The summed E-state index contributed by atoms with van der Waals surface area (Å²) in [6, 6.07) is 33.2. The molecule has 0 unspecified atom stereocenters. The molecule has 0 bridgehead atoms. The van der Waals surface area contributed by atoms with Gasteiger partial charge in [-0.05, 0) is 58.9 Å². The Bertz CT molecular complexity index is 2140. The van der Waals surface area contributed by atoms with Gasteiger partial charge in [0, 0.05) is 29.6 Å².